The van der Waals surface area contributed by atoms with Gasteiger partial charge in [0, 0.05) is 0 Å². The molecule has 1 aromatic rings. The summed E-state index contributed by atoms with van der Waals surface area (Å²) >= 11 is -2.36. The van der Waals surface area contributed by atoms with Crippen LogP contribution in [0.5, 0.6) is 0 Å². The molecule has 0 bridgehead atoms. The molecule has 0 aliphatic heterocycles. The molecule has 72 valence electrons. The highest BCUT2D eigenvalue weighted by molar-refractivity contribution is 7.80. The van der Waals surface area contributed by atoms with E-state index in [0.29, 0.717) is 0 Å². The first-order valence-electron chi connectivity index (χ1n) is 2.60. The van der Waals surface area contributed by atoms with Crippen LogP contribution in [0.3, 0.4) is 0 Å². The Balaban J connectivity index is 2.87. The van der Waals surface area contributed by atoms with E-state index >= 15 is 0 Å². The molecule has 2 N–H and O–H groups in total. The molecular formula is C2H2N4O5S2. The highest BCUT2D eigenvalue weighted by Gasteiger charge is 2.05. The fourth-order valence-electron chi connectivity index (χ4n) is 0.432. The number of nitrogens with zero attached hydrogens (tertiary/aromatic N) is 3. The van der Waals surface area contributed by atoms with Gasteiger partial charge in [0.25, 0.3) is 11.3 Å². The Morgan fingerprint density at radius 2 is 2.08 bits per heavy atom. The lowest BCUT2D eigenvalue weighted by molar-refractivity contribution is 0.557. The normalized spacial score (nSPS) is 12.1. The molecule has 0 radical (unpaired) electrons. The maximum Gasteiger partial charge on any atom is 0.359 e. The minimum absolute atomic E-state index is 0.398. The molecule has 1 atom stereocenters. The fraction of sp³-hybridized carbons (Fsp3) is 0. The van der Waals surface area contributed by atoms with Crippen molar-refractivity contribution in [1.82, 2.24) is 10.2 Å². The van der Waals surface area contributed by atoms with Gasteiger partial charge in [-0.05, 0) is 0 Å². The summed E-state index contributed by atoms with van der Waals surface area (Å²) in [5.41, 5.74) is 0. The Morgan fingerprint density at radius 1 is 1.38 bits per heavy atom. The third-order valence-electron chi connectivity index (χ3n) is 0.742. The molecule has 0 saturated heterocycles. The molecule has 1 unspecified atom stereocenters. The Labute approximate surface area is 75.3 Å². The van der Waals surface area contributed by atoms with Crippen LogP contribution >= 0.6 is 0 Å². The molecular weight excluding hydrogens is 224 g/mol. The van der Waals surface area contributed by atoms with E-state index < -0.39 is 33.8 Å². The second-order valence-electron chi connectivity index (χ2n) is 1.55. The maximum atomic E-state index is 10.1. The van der Waals surface area contributed by atoms with Crippen molar-refractivity contribution < 1.29 is 21.6 Å². The third-order valence-corrected chi connectivity index (χ3v) is 1.40. The van der Waals surface area contributed by atoms with Crippen molar-refractivity contribution in [1.29, 1.82) is 0 Å². The van der Waals surface area contributed by atoms with Crippen LogP contribution in [-0.4, -0.2) is 27.4 Å². The van der Waals surface area contributed by atoms with Gasteiger partial charge < -0.3 is 4.42 Å². The summed E-state index contributed by atoms with van der Waals surface area (Å²) in [7, 11) is -2.70. The fourth-order valence-corrected chi connectivity index (χ4v) is 0.865. The predicted octanol–water partition coefficient (Wildman–Crippen LogP) is -0.688. The van der Waals surface area contributed by atoms with Gasteiger partial charge in [0.1, 0.15) is 0 Å². The summed E-state index contributed by atoms with van der Waals surface area (Å²) in [6, 6.07) is -0.925. The highest BCUT2D eigenvalue weighted by atomic mass is 32.2. The van der Waals surface area contributed by atoms with Crippen LogP contribution in [0.25, 0.3) is 0 Å². The molecule has 1 heterocycles. The van der Waals surface area contributed by atoms with Gasteiger partial charge in [0.15, 0.2) is 0 Å². The van der Waals surface area contributed by atoms with Gasteiger partial charge in [-0.25, -0.2) is 8.93 Å². The molecule has 1 rings (SSSR count). The molecule has 9 nitrogen and oxygen atoms in total. The number of aromatic nitrogens is 2. The van der Waals surface area contributed by atoms with Crippen molar-refractivity contribution in [2.75, 3.05) is 4.72 Å². The van der Waals surface area contributed by atoms with Gasteiger partial charge in [-0.15, -0.1) is 0 Å². The SMILES string of the molecule is O=S(O)Nc1nnc(N=S(=O)=O)o1. The van der Waals surface area contributed by atoms with E-state index in [1.54, 1.807) is 0 Å². The maximum absolute atomic E-state index is 10.1. The Kier molecular flexibility index (Phi) is 3.05. The summed E-state index contributed by atoms with van der Waals surface area (Å²) in [5, 5.41) is 6.29. The van der Waals surface area contributed by atoms with Crippen molar-refractivity contribution in [2.24, 2.45) is 4.36 Å². The zero-order valence-corrected chi connectivity index (χ0v) is 7.37. The Morgan fingerprint density at radius 3 is 2.62 bits per heavy atom. The standard InChI is InChI=1S/C2H2N4O5S2/c7-12(8)5-1-3-4-2(11-1)6-13(9)10/h(H,3,5)(H,7,8). The van der Waals surface area contributed by atoms with Gasteiger partial charge in [-0.3, -0.25) is 4.55 Å². The Hall–Kier alpha value is -1.33. The van der Waals surface area contributed by atoms with Crippen molar-refractivity contribution in [3.8, 4) is 0 Å². The van der Waals surface area contributed by atoms with E-state index in [1.807, 2.05) is 4.72 Å². The van der Waals surface area contributed by atoms with E-state index in [1.165, 1.54) is 0 Å². The van der Waals surface area contributed by atoms with Crippen LogP contribution in [-0.2, 0) is 21.8 Å². The molecule has 1 aromatic heterocycles. The lowest BCUT2D eigenvalue weighted by Gasteiger charge is -1.88. The number of nitrogens with one attached hydrogen (secondary N) is 1. The smallest absolute Gasteiger partial charge is 0.359 e. The minimum Gasteiger partial charge on any atom is -0.387 e. The molecule has 13 heavy (non-hydrogen) atoms. The van der Waals surface area contributed by atoms with E-state index in [4.69, 9.17) is 4.55 Å². The van der Waals surface area contributed by atoms with Gasteiger partial charge in [-0.2, -0.15) is 8.42 Å². The average Bonchev–Trinajstić information content (AvgIpc) is 2.33. The first-order chi connectivity index (χ1) is 6.08. The van der Waals surface area contributed by atoms with Gasteiger partial charge in [-0.1, -0.05) is 14.6 Å². The van der Waals surface area contributed by atoms with E-state index in [9.17, 15) is 12.6 Å². The van der Waals surface area contributed by atoms with Gasteiger partial charge in [0.05, 0.1) is 0 Å². The summed E-state index contributed by atoms with van der Waals surface area (Å²) in [6.07, 6.45) is 0. The van der Waals surface area contributed by atoms with E-state index in [-0.39, 0.29) is 0 Å². The predicted molar refractivity (Wildman–Crippen MR) is 39.7 cm³/mol. The molecule has 0 amide bonds. The van der Waals surface area contributed by atoms with Crippen molar-refractivity contribution in [3.05, 3.63) is 0 Å². The summed E-state index contributed by atoms with van der Waals surface area (Å²) in [5.74, 6) is 0. The summed E-state index contributed by atoms with van der Waals surface area (Å²) < 4.78 is 47.5. The molecule has 0 aliphatic rings. The van der Waals surface area contributed by atoms with Crippen LogP contribution in [0.15, 0.2) is 8.78 Å². The highest BCUT2D eigenvalue weighted by Crippen LogP contribution is 2.12. The monoisotopic (exact) mass is 226 g/mol. The zero-order chi connectivity index (χ0) is 9.84. The number of hydrogen-bond acceptors (Lipinski definition) is 7. The topological polar surface area (TPSA) is 135 Å². The minimum atomic E-state index is -2.70. The van der Waals surface area contributed by atoms with Gasteiger partial charge >= 0.3 is 22.5 Å². The summed E-state index contributed by atoms with van der Waals surface area (Å²) in [6.45, 7) is 0. The van der Waals surface area contributed by atoms with Crippen molar-refractivity contribution in [2.45, 2.75) is 0 Å². The molecule has 11 heteroatoms. The second kappa shape index (κ2) is 4.06. The molecule has 0 saturated carbocycles. The van der Waals surface area contributed by atoms with Crippen molar-refractivity contribution in [3.63, 3.8) is 0 Å². The lowest BCUT2D eigenvalue weighted by Crippen LogP contribution is -2.01. The molecule has 0 aromatic carbocycles. The van der Waals surface area contributed by atoms with Crippen LogP contribution in [0.4, 0.5) is 12.0 Å². The lowest BCUT2D eigenvalue weighted by atomic mass is 11.2. The van der Waals surface area contributed by atoms with Gasteiger partial charge in [0.2, 0.25) is 0 Å². The average molecular weight is 226 g/mol. The largest absolute Gasteiger partial charge is 0.387 e. The van der Waals surface area contributed by atoms with Crippen LogP contribution in [0.1, 0.15) is 0 Å². The molecule has 0 aliphatic carbocycles. The number of rotatable bonds is 3. The Bertz CT molecular complexity index is 439. The number of hydrogen-bond donors (Lipinski definition) is 2. The van der Waals surface area contributed by atoms with E-state index in [2.05, 4.69) is 19.0 Å². The van der Waals surface area contributed by atoms with Crippen LogP contribution < -0.4 is 4.72 Å². The van der Waals surface area contributed by atoms with E-state index in [0.717, 1.165) is 0 Å². The third kappa shape index (κ3) is 3.27. The molecule has 0 spiro atoms. The first-order valence-corrected chi connectivity index (χ1v) is 4.74. The zero-order valence-electron chi connectivity index (χ0n) is 5.74. The number of anilines is 1. The summed E-state index contributed by atoms with van der Waals surface area (Å²) in [4.78, 5) is 0. The first kappa shape index (κ1) is 9.76. The molecule has 0 fully saturated rings. The quantitative estimate of drug-likeness (QED) is 0.651. The van der Waals surface area contributed by atoms with Crippen LogP contribution in [0, 0.1) is 0 Å². The second-order valence-corrected chi connectivity index (χ2v) is 2.87. The van der Waals surface area contributed by atoms with Crippen molar-refractivity contribution >= 4 is 33.8 Å². The van der Waals surface area contributed by atoms with Crippen LogP contribution in [0.2, 0.25) is 0 Å².